The van der Waals surface area contributed by atoms with Gasteiger partial charge in [0.15, 0.2) is 0 Å². The van der Waals surface area contributed by atoms with Gasteiger partial charge in [-0.1, -0.05) is 0 Å². The monoisotopic (exact) mass is 290 g/mol. The zero-order valence-electron chi connectivity index (χ0n) is 12.0. The van der Waals surface area contributed by atoms with Gasteiger partial charge in [-0.2, -0.15) is 0 Å². The van der Waals surface area contributed by atoms with Crippen LogP contribution in [0.15, 0.2) is 0 Å². The second-order valence-electron chi connectivity index (χ2n) is 6.36. The predicted molar refractivity (Wildman–Crippen MR) is 75.4 cm³/mol. The van der Waals surface area contributed by atoms with Crippen molar-refractivity contribution in [3.8, 4) is 0 Å². The van der Waals surface area contributed by atoms with E-state index in [1.807, 2.05) is 0 Å². The molecule has 2 fully saturated rings. The highest BCUT2D eigenvalue weighted by Gasteiger charge is 2.36. The molecule has 0 saturated carbocycles. The molecule has 5 nitrogen and oxygen atoms in total. The van der Waals surface area contributed by atoms with Crippen molar-refractivity contribution < 1.29 is 13.5 Å². The Kier molecular flexibility index (Phi) is 4.55. The molecule has 1 atom stereocenters. The van der Waals surface area contributed by atoms with Crippen molar-refractivity contribution >= 4 is 10.0 Å². The lowest BCUT2D eigenvalue weighted by molar-refractivity contribution is -0.0389. The van der Waals surface area contributed by atoms with Crippen molar-refractivity contribution in [3.05, 3.63) is 0 Å². The standard InChI is InChI=1S/C13H26N2O3S/c1-14-8-5-13(16,6-9-14)10-12-4-3-7-15(11-12)19(2,17)18/h12,16H,3-11H2,1-2H3. The molecule has 0 bridgehead atoms. The summed E-state index contributed by atoms with van der Waals surface area (Å²) in [4.78, 5) is 2.23. The van der Waals surface area contributed by atoms with Crippen molar-refractivity contribution in [2.24, 2.45) is 5.92 Å². The molecular weight excluding hydrogens is 264 g/mol. The Hall–Kier alpha value is -0.170. The van der Waals surface area contributed by atoms with Crippen molar-refractivity contribution in [2.75, 3.05) is 39.5 Å². The highest BCUT2D eigenvalue weighted by molar-refractivity contribution is 7.88. The molecule has 0 amide bonds. The number of hydrogen-bond donors (Lipinski definition) is 1. The summed E-state index contributed by atoms with van der Waals surface area (Å²) in [5.74, 6) is 0.303. The van der Waals surface area contributed by atoms with E-state index in [-0.39, 0.29) is 0 Å². The third-order valence-electron chi connectivity index (χ3n) is 4.54. The Morgan fingerprint density at radius 1 is 1.26 bits per heavy atom. The lowest BCUT2D eigenvalue weighted by Gasteiger charge is -2.40. The van der Waals surface area contributed by atoms with Gasteiger partial charge in [0.05, 0.1) is 11.9 Å². The van der Waals surface area contributed by atoms with Gasteiger partial charge >= 0.3 is 0 Å². The summed E-state index contributed by atoms with van der Waals surface area (Å²) in [6.07, 6.45) is 5.57. The molecular formula is C13H26N2O3S. The summed E-state index contributed by atoms with van der Waals surface area (Å²) in [5.41, 5.74) is -0.586. The first-order chi connectivity index (χ1) is 8.78. The first kappa shape index (κ1) is 15.2. The third kappa shape index (κ3) is 4.15. The van der Waals surface area contributed by atoms with Crippen LogP contribution in [0, 0.1) is 5.92 Å². The molecule has 1 unspecified atom stereocenters. The van der Waals surface area contributed by atoms with Crippen molar-refractivity contribution in [2.45, 2.75) is 37.7 Å². The lowest BCUT2D eigenvalue weighted by Crippen LogP contribution is -2.47. The fraction of sp³-hybridized carbons (Fsp3) is 1.00. The van der Waals surface area contributed by atoms with Crippen LogP contribution in [0.5, 0.6) is 0 Å². The number of sulfonamides is 1. The molecule has 19 heavy (non-hydrogen) atoms. The Labute approximate surface area is 116 Å². The van der Waals surface area contributed by atoms with Crippen molar-refractivity contribution in [1.29, 1.82) is 0 Å². The van der Waals surface area contributed by atoms with Crippen molar-refractivity contribution in [1.82, 2.24) is 9.21 Å². The van der Waals surface area contributed by atoms with Crippen LogP contribution in [-0.4, -0.2) is 67.8 Å². The van der Waals surface area contributed by atoms with Crippen LogP contribution < -0.4 is 0 Å². The number of piperidine rings is 2. The van der Waals surface area contributed by atoms with Gasteiger partial charge in [-0.3, -0.25) is 0 Å². The summed E-state index contributed by atoms with van der Waals surface area (Å²) in [7, 11) is -1.01. The summed E-state index contributed by atoms with van der Waals surface area (Å²) in [6.45, 7) is 3.07. The fourth-order valence-electron chi connectivity index (χ4n) is 3.27. The summed E-state index contributed by atoms with van der Waals surface area (Å²) < 4.78 is 24.8. The van der Waals surface area contributed by atoms with Gasteiger partial charge in [-0.15, -0.1) is 0 Å². The van der Waals surface area contributed by atoms with Gasteiger partial charge in [0.1, 0.15) is 0 Å². The van der Waals surface area contributed by atoms with Crippen LogP contribution in [0.4, 0.5) is 0 Å². The molecule has 2 aliphatic rings. The highest BCUT2D eigenvalue weighted by Crippen LogP contribution is 2.32. The van der Waals surface area contributed by atoms with E-state index >= 15 is 0 Å². The molecule has 2 rings (SSSR count). The molecule has 1 N–H and O–H groups in total. The second-order valence-corrected chi connectivity index (χ2v) is 8.34. The van der Waals surface area contributed by atoms with Crippen LogP contribution >= 0.6 is 0 Å². The average molecular weight is 290 g/mol. The van der Waals surface area contributed by atoms with E-state index < -0.39 is 15.6 Å². The Morgan fingerprint density at radius 3 is 2.47 bits per heavy atom. The Bertz CT molecular complexity index is 402. The molecule has 112 valence electrons. The maximum Gasteiger partial charge on any atom is 0.211 e. The van der Waals surface area contributed by atoms with E-state index in [4.69, 9.17) is 0 Å². The Balaban J connectivity index is 1.92. The number of rotatable bonds is 3. The minimum atomic E-state index is -3.08. The molecule has 0 aromatic heterocycles. The van der Waals surface area contributed by atoms with Crippen molar-refractivity contribution in [3.63, 3.8) is 0 Å². The van der Waals surface area contributed by atoms with E-state index in [9.17, 15) is 13.5 Å². The molecule has 2 heterocycles. The van der Waals surface area contributed by atoms with Crippen LogP contribution in [0.1, 0.15) is 32.1 Å². The van der Waals surface area contributed by atoms with E-state index in [1.54, 1.807) is 4.31 Å². The topological polar surface area (TPSA) is 60.9 Å². The smallest absolute Gasteiger partial charge is 0.211 e. The summed E-state index contributed by atoms with van der Waals surface area (Å²) >= 11 is 0. The quantitative estimate of drug-likeness (QED) is 0.822. The van der Waals surface area contributed by atoms with Crippen LogP contribution in [0.25, 0.3) is 0 Å². The molecule has 0 aromatic rings. The SMILES string of the molecule is CN1CCC(O)(CC2CCCN(S(C)(=O)=O)C2)CC1. The maximum atomic E-state index is 11.6. The van der Waals surface area contributed by atoms with Gasteiger partial charge in [-0.25, -0.2) is 12.7 Å². The van der Waals surface area contributed by atoms with Gasteiger partial charge < -0.3 is 10.0 Å². The van der Waals surface area contributed by atoms with E-state index in [2.05, 4.69) is 11.9 Å². The fourth-order valence-corrected chi connectivity index (χ4v) is 4.21. The van der Waals surface area contributed by atoms with Gasteiger partial charge in [0.2, 0.25) is 10.0 Å². The molecule has 0 aliphatic carbocycles. The van der Waals surface area contributed by atoms with E-state index in [0.29, 0.717) is 19.0 Å². The van der Waals surface area contributed by atoms with E-state index in [0.717, 1.165) is 45.2 Å². The molecule has 6 heteroatoms. The van der Waals surface area contributed by atoms with Gasteiger partial charge in [0, 0.05) is 26.2 Å². The lowest BCUT2D eigenvalue weighted by atomic mass is 9.80. The minimum Gasteiger partial charge on any atom is -0.390 e. The number of aliphatic hydroxyl groups is 1. The van der Waals surface area contributed by atoms with Crippen LogP contribution in [-0.2, 0) is 10.0 Å². The predicted octanol–water partition coefficient (Wildman–Crippen LogP) is 0.505. The zero-order valence-corrected chi connectivity index (χ0v) is 12.8. The largest absolute Gasteiger partial charge is 0.390 e. The number of nitrogens with zero attached hydrogens (tertiary/aromatic N) is 2. The summed E-state index contributed by atoms with van der Waals surface area (Å²) in [5, 5.41) is 10.6. The highest BCUT2D eigenvalue weighted by atomic mass is 32.2. The zero-order chi connectivity index (χ0) is 14.1. The minimum absolute atomic E-state index is 0.303. The van der Waals surface area contributed by atoms with Gasteiger partial charge in [-0.05, 0) is 45.1 Å². The van der Waals surface area contributed by atoms with Gasteiger partial charge in [0.25, 0.3) is 0 Å². The summed E-state index contributed by atoms with van der Waals surface area (Å²) in [6, 6.07) is 0. The Morgan fingerprint density at radius 2 is 1.89 bits per heavy atom. The number of hydrogen-bond acceptors (Lipinski definition) is 4. The maximum absolute atomic E-state index is 11.6. The average Bonchev–Trinajstić information content (AvgIpc) is 2.33. The molecule has 0 radical (unpaired) electrons. The molecule has 0 aromatic carbocycles. The first-order valence-corrected chi connectivity index (χ1v) is 8.99. The first-order valence-electron chi connectivity index (χ1n) is 7.15. The molecule has 2 saturated heterocycles. The van der Waals surface area contributed by atoms with Crippen LogP contribution in [0.3, 0.4) is 0 Å². The normalized spacial score (nSPS) is 30.4. The molecule has 2 aliphatic heterocycles. The second kappa shape index (κ2) is 5.68. The van der Waals surface area contributed by atoms with E-state index in [1.165, 1.54) is 6.26 Å². The van der Waals surface area contributed by atoms with Crippen LogP contribution in [0.2, 0.25) is 0 Å². The third-order valence-corrected chi connectivity index (χ3v) is 5.81. The molecule has 0 spiro atoms. The number of likely N-dealkylation sites (tertiary alicyclic amines) is 1.